The lowest BCUT2D eigenvalue weighted by atomic mass is 10.4. The molecular weight excluding hydrogens is 280 g/mol. The van der Waals surface area contributed by atoms with Gasteiger partial charge in [-0.3, -0.25) is 4.79 Å². The van der Waals surface area contributed by atoms with Crippen molar-refractivity contribution in [2.24, 2.45) is 0 Å². The summed E-state index contributed by atoms with van der Waals surface area (Å²) in [5.41, 5.74) is 0. The smallest absolute Gasteiger partial charge is 0.220 e. The second-order valence-electron chi connectivity index (χ2n) is 3.98. The molecule has 0 bridgehead atoms. The molecule has 0 atom stereocenters. The summed E-state index contributed by atoms with van der Waals surface area (Å²) in [7, 11) is 1.67. The summed E-state index contributed by atoms with van der Waals surface area (Å²) in [4.78, 5) is 11.3. The van der Waals surface area contributed by atoms with Gasteiger partial charge in [0.1, 0.15) is 0 Å². The number of thioether (sulfide) groups is 1. The van der Waals surface area contributed by atoms with Crippen LogP contribution in [0.3, 0.4) is 0 Å². The Morgan fingerprint density at radius 1 is 1.45 bits per heavy atom. The van der Waals surface area contributed by atoms with Crippen LogP contribution in [0.25, 0.3) is 0 Å². The minimum Gasteiger partial charge on any atom is -0.383 e. The number of hydrogen-bond acceptors (Lipinski definition) is 7. The van der Waals surface area contributed by atoms with Gasteiger partial charge < -0.3 is 15.4 Å². The van der Waals surface area contributed by atoms with Crippen LogP contribution in [-0.4, -0.2) is 65.2 Å². The average molecular weight is 302 g/mol. The van der Waals surface area contributed by atoms with Crippen molar-refractivity contribution in [3.05, 3.63) is 0 Å². The number of hydrogen-bond donors (Lipinski definition) is 2. The Bertz CT molecular complexity index is 387. The van der Waals surface area contributed by atoms with Crippen LogP contribution in [0.15, 0.2) is 5.16 Å². The molecule has 0 spiro atoms. The summed E-state index contributed by atoms with van der Waals surface area (Å²) in [5.74, 6) is 0.726. The van der Waals surface area contributed by atoms with Crippen molar-refractivity contribution in [3.63, 3.8) is 0 Å². The lowest BCUT2D eigenvalue weighted by molar-refractivity contribution is -0.120. The van der Waals surface area contributed by atoms with Crippen LogP contribution < -0.4 is 10.6 Å². The van der Waals surface area contributed by atoms with E-state index in [1.807, 2.05) is 6.92 Å². The van der Waals surface area contributed by atoms with Gasteiger partial charge in [-0.15, -0.1) is 5.10 Å². The Balaban J connectivity index is 2.22. The molecule has 1 aromatic heterocycles. The number of amides is 1. The lowest BCUT2D eigenvalue weighted by Gasteiger charge is -2.06. The number of carbonyl (C=O) groups excluding carboxylic acids is 1. The van der Waals surface area contributed by atoms with Gasteiger partial charge in [0.25, 0.3) is 0 Å². The van der Waals surface area contributed by atoms with Gasteiger partial charge in [-0.05, 0) is 17.4 Å². The maximum Gasteiger partial charge on any atom is 0.220 e. The van der Waals surface area contributed by atoms with E-state index in [-0.39, 0.29) is 5.91 Å². The monoisotopic (exact) mass is 302 g/mol. The van der Waals surface area contributed by atoms with Crippen molar-refractivity contribution in [2.45, 2.75) is 25.0 Å². The van der Waals surface area contributed by atoms with Gasteiger partial charge in [0, 0.05) is 38.9 Å². The first-order valence-corrected chi connectivity index (χ1v) is 7.61. The van der Waals surface area contributed by atoms with Crippen molar-refractivity contribution in [1.29, 1.82) is 0 Å². The maximum absolute atomic E-state index is 11.3. The molecule has 0 aliphatic rings. The Kier molecular flexibility index (Phi) is 8.92. The first-order chi connectivity index (χ1) is 9.77. The number of nitrogens with one attached hydrogen (secondary N) is 2. The SMILES string of the molecule is CCNC(=O)CCSc1nnnn1CCNCCOC. The van der Waals surface area contributed by atoms with Gasteiger partial charge in [0.05, 0.1) is 13.2 Å². The molecule has 0 aromatic carbocycles. The third kappa shape index (κ3) is 6.83. The predicted octanol–water partition coefficient (Wildman–Crippen LogP) is -0.473. The molecule has 0 saturated carbocycles. The molecule has 9 heteroatoms. The van der Waals surface area contributed by atoms with Crippen molar-refractivity contribution < 1.29 is 9.53 Å². The molecule has 114 valence electrons. The van der Waals surface area contributed by atoms with Gasteiger partial charge in [-0.1, -0.05) is 11.8 Å². The molecule has 0 fully saturated rings. The number of aromatic nitrogens is 4. The van der Waals surface area contributed by atoms with Crippen LogP contribution in [0.2, 0.25) is 0 Å². The zero-order valence-electron chi connectivity index (χ0n) is 12.0. The Labute approximate surface area is 123 Å². The molecule has 1 amide bonds. The van der Waals surface area contributed by atoms with Crippen molar-refractivity contribution >= 4 is 17.7 Å². The fourth-order valence-electron chi connectivity index (χ4n) is 1.44. The summed E-state index contributed by atoms with van der Waals surface area (Å²) in [6, 6.07) is 0. The first kappa shape index (κ1) is 16.9. The average Bonchev–Trinajstić information content (AvgIpc) is 2.86. The van der Waals surface area contributed by atoms with E-state index in [9.17, 15) is 4.79 Å². The molecule has 1 rings (SSSR count). The Morgan fingerprint density at radius 3 is 3.05 bits per heavy atom. The first-order valence-electron chi connectivity index (χ1n) is 6.63. The quantitative estimate of drug-likeness (QED) is 0.421. The summed E-state index contributed by atoms with van der Waals surface area (Å²) in [6.45, 7) is 5.52. The van der Waals surface area contributed by atoms with Gasteiger partial charge in [0.2, 0.25) is 11.1 Å². The van der Waals surface area contributed by atoms with E-state index in [1.54, 1.807) is 11.8 Å². The zero-order chi connectivity index (χ0) is 14.6. The summed E-state index contributed by atoms with van der Waals surface area (Å²) >= 11 is 1.49. The summed E-state index contributed by atoms with van der Waals surface area (Å²) in [6.07, 6.45) is 0.470. The van der Waals surface area contributed by atoms with Crippen molar-refractivity contribution in [2.75, 3.05) is 39.1 Å². The lowest BCUT2D eigenvalue weighted by Crippen LogP contribution is -2.24. The van der Waals surface area contributed by atoms with Crippen LogP contribution in [0.1, 0.15) is 13.3 Å². The van der Waals surface area contributed by atoms with Crippen LogP contribution in [0.4, 0.5) is 0 Å². The Morgan fingerprint density at radius 2 is 2.30 bits per heavy atom. The highest BCUT2D eigenvalue weighted by atomic mass is 32.2. The molecule has 0 aliphatic carbocycles. The van der Waals surface area contributed by atoms with Crippen molar-refractivity contribution in [1.82, 2.24) is 30.8 Å². The van der Waals surface area contributed by atoms with Crippen molar-refractivity contribution in [3.8, 4) is 0 Å². The van der Waals surface area contributed by atoms with E-state index in [2.05, 4.69) is 26.2 Å². The minimum absolute atomic E-state index is 0.0558. The second kappa shape index (κ2) is 10.6. The van der Waals surface area contributed by atoms with Crippen LogP contribution in [0, 0.1) is 0 Å². The fourth-order valence-corrected chi connectivity index (χ4v) is 2.29. The molecule has 2 N–H and O–H groups in total. The van der Waals surface area contributed by atoms with Crippen LogP contribution >= 0.6 is 11.8 Å². The molecule has 1 aromatic rings. The van der Waals surface area contributed by atoms with Gasteiger partial charge >= 0.3 is 0 Å². The molecular formula is C11H22N6O2S. The minimum atomic E-state index is 0.0558. The predicted molar refractivity (Wildman–Crippen MR) is 76.6 cm³/mol. The third-order valence-corrected chi connectivity index (χ3v) is 3.38. The number of tetrazole rings is 1. The highest BCUT2D eigenvalue weighted by Gasteiger charge is 2.07. The number of carbonyl (C=O) groups is 1. The highest BCUT2D eigenvalue weighted by molar-refractivity contribution is 7.99. The Hall–Kier alpha value is -1.19. The number of rotatable bonds is 11. The number of ether oxygens (including phenoxy) is 1. The van der Waals surface area contributed by atoms with Crippen LogP contribution in [-0.2, 0) is 16.1 Å². The molecule has 0 radical (unpaired) electrons. The van der Waals surface area contributed by atoms with E-state index in [4.69, 9.17) is 4.74 Å². The van der Waals surface area contributed by atoms with E-state index < -0.39 is 0 Å². The summed E-state index contributed by atoms with van der Waals surface area (Å²) < 4.78 is 6.68. The third-order valence-electron chi connectivity index (χ3n) is 2.42. The topological polar surface area (TPSA) is 94.0 Å². The number of methoxy groups -OCH3 is 1. The molecule has 0 unspecified atom stereocenters. The second-order valence-corrected chi connectivity index (χ2v) is 5.04. The molecule has 1 heterocycles. The highest BCUT2D eigenvalue weighted by Crippen LogP contribution is 2.14. The fraction of sp³-hybridized carbons (Fsp3) is 0.818. The van der Waals surface area contributed by atoms with Crippen LogP contribution in [0.5, 0.6) is 0 Å². The van der Waals surface area contributed by atoms with Gasteiger partial charge in [0.15, 0.2) is 0 Å². The maximum atomic E-state index is 11.3. The van der Waals surface area contributed by atoms with E-state index in [1.165, 1.54) is 11.8 Å². The molecule has 20 heavy (non-hydrogen) atoms. The number of nitrogens with zero attached hydrogens (tertiary/aromatic N) is 4. The molecule has 8 nitrogen and oxygen atoms in total. The zero-order valence-corrected chi connectivity index (χ0v) is 12.8. The molecule has 0 aliphatic heterocycles. The molecule has 0 saturated heterocycles. The van der Waals surface area contributed by atoms with E-state index in [0.717, 1.165) is 18.2 Å². The van der Waals surface area contributed by atoms with Gasteiger partial charge in [-0.2, -0.15) is 0 Å². The van der Waals surface area contributed by atoms with E-state index >= 15 is 0 Å². The summed E-state index contributed by atoms with van der Waals surface area (Å²) in [5, 5.41) is 18.3. The standard InChI is InChI=1S/C11H22N6O2S/c1-3-13-10(18)4-9-20-11-14-15-16-17(11)7-5-12-6-8-19-2/h12H,3-9H2,1-2H3,(H,13,18). The normalized spacial score (nSPS) is 10.7. The van der Waals surface area contributed by atoms with E-state index in [0.29, 0.717) is 31.9 Å². The van der Waals surface area contributed by atoms with Gasteiger partial charge in [-0.25, -0.2) is 4.68 Å². The largest absolute Gasteiger partial charge is 0.383 e.